The second kappa shape index (κ2) is 8.37. The molecular formula is C22H24N2O4S. The first kappa shape index (κ1) is 19.6. The largest absolute Gasteiger partial charge is 0.486 e. The van der Waals surface area contributed by atoms with Gasteiger partial charge in [-0.15, -0.1) is 11.8 Å². The number of carbonyl (C=O) groups is 2. The number of thioether (sulfide) groups is 1. The van der Waals surface area contributed by atoms with E-state index in [9.17, 15) is 9.59 Å². The van der Waals surface area contributed by atoms with Crippen LogP contribution in [-0.2, 0) is 9.59 Å². The summed E-state index contributed by atoms with van der Waals surface area (Å²) in [4.78, 5) is 29.9. The lowest BCUT2D eigenvalue weighted by Crippen LogP contribution is -2.44. The van der Waals surface area contributed by atoms with Gasteiger partial charge in [-0.2, -0.15) is 0 Å². The molecule has 1 saturated heterocycles. The highest BCUT2D eigenvalue weighted by Crippen LogP contribution is 2.31. The predicted molar refractivity (Wildman–Crippen MR) is 113 cm³/mol. The predicted octanol–water partition coefficient (Wildman–Crippen LogP) is 3.06. The number of ether oxygens (including phenoxy) is 2. The van der Waals surface area contributed by atoms with Crippen molar-refractivity contribution in [3.05, 3.63) is 48.5 Å². The van der Waals surface area contributed by atoms with Crippen LogP contribution in [0.4, 0.5) is 5.69 Å². The van der Waals surface area contributed by atoms with Crippen molar-refractivity contribution in [3.8, 4) is 11.5 Å². The van der Waals surface area contributed by atoms with Crippen molar-refractivity contribution in [3.63, 3.8) is 0 Å². The van der Waals surface area contributed by atoms with Crippen LogP contribution in [0.1, 0.15) is 6.42 Å². The van der Waals surface area contributed by atoms with Crippen LogP contribution in [0.25, 0.3) is 0 Å². The van der Waals surface area contributed by atoms with Gasteiger partial charge in [-0.25, -0.2) is 0 Å². The summed E-state index contributed by atoms with van der Waals surface area (Å²) < 4.78 is 11.7. The molecule has 0 aromatic heterocycles. The van der Waals surface area contributed by atoms with E-state index in [0.717, 1.165) is 16.3 Å². The second-order valence-electron chi connectivity index (χ2n) is 7.32. The van der Waals surface area contributed by atoms with E-state index >= 15 is 0 Å². The van der Waals surface area contributed by atoms with Gasteiger partial charge in [0.25, 0.3) is 0 Å². The topological polar surface area (TPSA) is 59.1 Å². The molecule has 2 aromatic rings. The summed E-state index contributed by atoms with van der Waals surface area (Å²) in [5.41, 5.74) is 0.839. The van der Waals surface area contributed by atoms with Crippen LogP contribution in [0.5, 0.6) is 11.5 Å². The first-order valence-electron chi connectivity index (χ1n) is 9.63. The monoisotopic (exact) mass is 412 g/mol. The van der Waals surface area contributed by atoms with Gasteiger partial charge in [-0.1, -0.05) is 12.1 Å². The Balaban J connectivity index is 1.36. The number of hydrogen-bond donors (Lipinski definition) is 0. The van der Waals surface area contributed by atoms with Crippen LogP contribution in [0.2, 0.25) is 0 Å². The number of benzene rings is 2. The van der Waals surface area contributed by atoms with E-state index in [0.29, 0.717) is 25.4 Å². The third kappa shape index (κ3) is 4.19. The summed E-state index contributed by atoms with van der Waals surface area (Å²) in [5, 5.41) is 0. The number of nitrogens with zero attached hydrogens (tertiary/aromatic N) is 2. The molecule has 0 unspecified atom stereocenters. The minimum Gasteiger partial charge on any atom is -0.486 e. The average molecular weight is 413 g/mol. The standard InChI is InChI=1S/C22H24N2O4S/c1-23(13-17-14-27-19-5-3-4-6-20(19)28-17)22(26)15-11-21(25)24(12-15)16-7-9-18(29-2)10-8-16/h3-10,15,17H,11-14H2,1-2H3/t15-,17-/m0/s1. The van der Waals surface area contributed by atoms with Crippen molar-refractivity contribution >= 4 is 29.3 Å². The van der Waals surface area contributed by atoms with Gasteiger partial charge >= 0.3 is 0 Å². The van der Waals surface area contributed by atoms with E-state index in [-0.39, 0.29) is 30.3 Å². The lowest BCUT2D eigenvalue weighted by Gasteiger charge is -2.30. The molecule has 6 nitrogen and oxygen atoms in total. The maximum Gasteiger partial charge on any atom is 0.227 e. The van der Waals surface area contributed by atoms with Gasteiger partial charge in [0, 0.05) is 30.6 Å². The summed E-state index contributed by atoms with van der Waals surface area (Å²) in [6.07, 6.45) is 2.02. The van der Waals surface area contributed by atoms with Gasteiger partial charge < -0.3 is 19.3 Å². The summed E-state index contributed by atoms with van der Waals surface area (Å²) in [5.74, 6) is 1.02. The minimum absolute atomic E-state index is 0.0140. The summed E-state index contributed by atoms with van der Waals surface area (Å²) >= 11 is 1.66. The highest BCUT2D eigenvalue weighted by Gasteiger charge is 2.37. The van der Waals surface area contributed by atoms with E-state index in [1.807, 2.05) is 54.8 Å². The smallest absolute Gasteiger partial charge is 0.227 e. The van der Waals surface area contributed by atoms with Crippen LogP contribution >= 0.6 is 11.8 Å². The van der Waals surface area contributed by atoms with Crippen molar-refractivity contribution in [1.29, 1.82) is 0 Å². The van der Waals surface area contributed by atoms with Crippen molar-refractivity contribution in [2.45, 2.75) is 17.4 Å². The molecule has 0 aliphatic carbocycles. The molecule has 2 amide bonds. The Hall–Kier alpha value is -2.67. The van der Waals surface area contributed by atoms with Gasteiger partial charge in [0.1, 0.15) is 6.61 Å². The number of rotatable bonds is 5. The molecule has 29 heavy (non-hydrogen) atoms. The molecule has 152 valence electrons. The average Bonchev–Trinajstić information content (AvgIpc) is 3.14. The lowest BCUT2D eigenvalue weighted by molar-refractivity contribution is -0.135. The van der Waals surface area contributed by atoms with Crippen LogP contribution in [-0.4, -0.2) is 55.8 Å². The molecule has 0 saturated carbocycles. The van der Waals surface area contributed by atoms with Crippen molar-refractivity contribution in [2.24, 2.45) is 5.92 Å². The zero-order chi connectivity index (χ0) is 20.4. The molecule has 0 bridgehead atoms. The number of hydrogen-bond acceptors (Lipinski definition) is 5. The van der Waals surface area contributed by atoms with E-state index in [4.69, 9.17) is 9.47 Å². The fourth-order valence-corrected chi connectivity index (χ4v) is 4.15. The van der Waals surface area contributed by atoms with E-state index in [1.165, 1.54) is 0 Å². The molecule has 1 fully saturated rings. The number of para-hydroxylation sites is 2. The van der Waals surface area contributed by atoms with Gasteiger partial charge in [-0.05, 0) is 42.7 Å². The number of anilines is 1. The summed E-state index contributed by atoms with van der Waals surface area (Å²) in [7, 11) is 1.76. The molecule has 0 N–H and O–H groups in total. The number of likely N-dealkylation sites (N-methyl/N-ethyl adjacent to an activating group) is 1. The van der Waals surface area contributed by atoms with Crippen LogP contribution in [0.3, 0.4) is 0 Å². The number of amides is 2. The summed E-state index contributed by atoms with van der Waals surface area (Å²) in [6, 6.07) is 15.4. The molecule has 0 radical (unpaired) electrons. The van der Waals surface area contributed by atoms with E-state index < -0.39 is 0 Å². The Morgan fingerprint density at radius 3 is 2.62 bits per heavy atom. The maximum atomic E-state index is 12.9. The highest BCUT2D eigenvalue weighted by atomic mass is 32.2. The van der Waals surface area contributed by atoms with Gasteiger partial charge in [-0.3, -0.25) is 9.59 Å². The van der Waals surface area contributed by atoms with E-state index in [1.54, 1.807) is 28.6 Å². The number of fused-ring (bicyclic) bond motifs is 1. The second-order valence-corrected chi connectivity index (χ2v) is 8.20. The summed E-state index contributed by atoms with van der Waals surface area (Å²) in [6.45, 7) is 1.22. The molecule has 2 aliphatic heterocycles. The lowest BCUT2D eigenvalue weighted by atomic mass is 10.1. The third-order valence-electron chi connectivity index (χ3n) is 5.28. The molecule has 0 spiro atoms. The van der Waals surface area contributed by atoms with E-state index in [2.05, 4.69) is 0 Å². The Kier molecular flexibility index (Phi) is 5.67. The fraction of sp³-hybridized carbons (Fsp3) is 0.364. The molecule has 2 aromatic carbocycles. The van der Waals surface area contributed by atoms with Crippen LogP contribution in [0.15, 0.2) is 53.4 Å². The Morgan fingerprint density at radius 1 is 1.17 bits per heavy atom. The molecule has 7 heteroatoms. The van der Waals surface area contributed by atoms with Crippen LogP contribution in [0, 0.1) is 5.92 Å². The maximum absolute atomic E-state index is 12.9. The zero-order valence-electron chi connectivity index (χ0n) is 16.5. The molecular weight excluding hydrogens is 388 g/mol. The quantitative estimate of drug-likeness (QED) is 0.707. The van der Waals surface area contributed by atoms with Gasteiger partial charge in [0.15, 0.2) is 17.6 Å². The molecule has 2 aliphatic rings. The van der Waals surface area contributed by atoms with Crippen LogP contribution < -0.4 is 14.4 Å². The van der Waals surface area contributed by atoms with Crippen molar-refractivity contribution < 1.29 is 19.1 Å². The molecule has 2 heterocycles. The molecule has 2 atom stereocenters. The Bertz CT molecular complexity index is 902. The van der Waals surface area contributed by atoms with Gasteiger partial charge in [0.05, 0.1) is 12.5 Å². The highest BCUT2D eigenvalue weighted by molar-refractivity contribution is 7.98. The first-order valence-corrected chi connectivity index (χ1v) is 10.9. The minimum atomic E-state index is -0.343. The van der Waals surface area contributed by atoms with Gasteiger partial charge in [0.2, 0.25) is 11.8 Å². The SMILES string of the molecule is CSc1ccc(N2C[C@@H](C(=O)N(C)C[C@H]3COc4ccccc4O3)CC2=O)cc1. The Morgan fingerprint density at radius 2 is 1.90 bits per heavy atom. The zero-order valence-corrected chi connectivity index (χ0v) is 17.4. The normalized spacial score (nSPS) is 20.6. The first-order chi connectivity index (χ1) is 14.0. The third-order valence-corrected chi connectivity index (χ3v) is 6.02. The Labute approximate surface area is 174 Å². The fourth-order valence-electron chi connectivity index (χ4n) is 3.74. The van der Waals surface area contributed by atoms with Crippen molar-refractivity contribution in [2.75, 3.05) is 37.9 Å². The van der Waals surface area contributed by atoms with Crippen molar-refractivity contribution in [1.82, 2.24) is 4.90 Å². The number of carbonyl (C=O) groups excluding carboxylic acids is 2. The molecule has 4 rings (SSSR count).